The number of hydrogen-bond acceptors (Lipinski definition) is 12. The summed E-state index contributed by atoms with van der Waals surface area (Å²) in [5, 5.41) is 8.27. The minimum Gasteiger partial charge on any atom is -0.382 e. The number of nitrogen functional groups attached to an aromatic ring is 1. The van der Waals surface area contributed by atoms with Crippen LogP contribution in [0.25, 0.3) is 0 Å². The molecule has 336 valence electrons. The summed E-state index contributed by atoms with van der Waals surface area (Å²) < 4.78 is 0. The first-order valence-electron chi connectivity index (χ1n) is 20.5. The van der Waals surface area contributed by atoms with Gasteiger partial charge in [-0.1, -0.05) is 93.5 Å². The highest BCUT2D eigenvalue weighted by atomic mass is 79.9. The van der Waals surface area contributed by atoms with E-state index in [0.717, 1.165) is 86.2 Å². The molecule has 3 heterocycles. The van der Waals surface area contributed by atoms with E-state index >= 15 is 0 Å². The molecule has 1 unspecified atom stereocenters. The predicted molar refractivity (Wildman–Crippen MR) is 283 cm³/mol. The smallest absolute Gasteiger partial charge is 0.206 e. The van der Waals surface area contributed by atoms with Gasteiger partial charge < -0.3 is 41.7 Å². The number of aliphatic imine (C=N–C) groups is 1. The van der Waals surface area contributed by atoms with Crippen LogP contribution in [0.2, 0.25) is 0 Å². The van der Waals surface area contributed by atoms with E-state index in [1.165, 1.54) is 34.5 Å². The number of nitrogens with zero attached hydrogens (tertiary/aromatic N) is 6. The number of amidine groups is 1. The Bertz CT molecular complexity index is 2280. The number of carbonyl (C=O) groups excluding carboxylic acids is 2. The number of thiocarbonyl (C=S) groups is 1. The Morgan fingerprint density at radius 1 is 0.794 bits per heavy atom. The van der Waals surface area contributed by atoms with Crippen molar-refractivity contribution in [3.63, 3.8) is 0 Å². The maximum absolute atomic E-state index is 12.8. The van der Waals surface area contributed by atoms with Gasteiger partial charge in [0, 0.05) is 86.2 Å². The van der Waals surface area contributed by atoms with E-state index in [-0.39, 0.29) is 27.3 Å². The Kier molecular flexibility index (Phi) is 21.0. The Morgan fingerprint density at radius 3 is 1.78 bits per heavy atom. The van der Waals surface area contributed by atoms with E-state index in [4.69, 9.17) is 23.7 Å². The zero-order valence-corrected chi connectivity index (χ0v) is 42.2. The van der Waals surface area contributed by atoms with Crippen molar-refractivity contribution >= 4 is 117 Å². The van der Waals surface area contributed by atoms with Crippen LogP contribution in [0, 0.1) is 13.8 Å². The number of anilines is 6. The fourth-order valence-electron chi connectivity index (χ4n) is 6.56. The van der Waals surface area contributed by atoms with E-state index in [1.807, 2.05) is 87.5 Å². The molecule has 2 saturated heterocycles. The SMILES string of the molecule is CCSC(N)=NC(=S)Nc1ccc(N2CCN(C)CC2)cc1.Cc1cccc(C(=O)CBr)c1.Cc1cccc(C(=O)c2sc(Nc3ccc(N4CCN(C)CC4)cc3)nc2N)c1.P. The molecule has 0 saturated carbocycles. The zero-order valence-electron chi connectivity index (χ0n) is 36.8. The molecule has 0 amide bonds. The average Bonchev–Trinajstić information content (AvgIpc) is 3.63. The molecule has 7 rings (SSSR count). The van der Waals surface area contributed by atoms with Gasteiger partial charge in [0.15, 0.2) is 21.2 Å². The number of aryl methyl sites for hydroxylation is 2. The monoisotopic (exact) mass is 990 g/mol. The van der Waals surface area contributed by atoms with Gasteiger partial charge in [0.05, 0.1) is 5.33 Å². The molecule has 0 radical (unpaired) electrons. The number of Topliss-reactive ketones (excluding diaryl/α,β-unsaturated/α-hetero) is 1. The highest BCUT2D eigenvalue weighted by molar-refractivity contribution is 9.09. The third-order valence-electron chi connectivity index (χ3n) is 10.1. The summed E-state index contributed by atoms with van der Waals surface area (Å²) >= 11 is 11.1. The molecule has 17 heteroatoms. The molecule has 0 aliphatic carbocycles. The molecular weight excluding hydrogens is 932 g/mol. The third-order valence-corrected chi connectivity index (χ3v) is 12.4. The topological polar surface area (TPSA) is 148 Å². The van der Waals surface area contributed by atoms with Gasteiger partial charge in [0.1, 0.15) is 10.7 Å². The summed E-state index contributed by atoms with van der Waals surface area (Å²) in [5.41, 5.74) is 19.7. The molecule has 2 aliphatic heterocycles. The van der Waals surface area contributed by atoms with Crippen molar-refractivity contribution in [3.8, 4) is 0 Å². The summed E-state index contributed by atoms with van der Waals surface area (Å²) in [4.78, 5) is 42.3. The first-order chi connectivity index (χ1) is 29.8. The van der Waals surface area contributed by atoms with Crippen LogP contribution in [0.5, 0.6) is 0 Å². The van der Waals surface area contributed by atoms with Crippen molar-refractivity contribution in [1.29, 1.82) is 0 Å². The lowest BCUT2D eigenvalue weighted by atomic mass is 10.1. The summed E-state index contributed by atoms with van der Waals surface area (Å²) in [6.45, 7) is 14.5. The van der Waals surface area contributed by atoms with Gasteiger partial charge in [-0.15, -0.1) is 0 Å². The number of alkyl halides is 1. The number of thioether (sulfide) groups is 1. The van der Waals surface area contributed by atoms with Gasteiger partial charge >= 0.3 is 0 Å². The van der Waals surface area contributed by atoms with Crippen molar-refractivity contribution in [3.05, 3.63) is 124 Å². The van der Waals surface area contributed by atoms with Gasteiger partial charge in [0.25, 0.3) is 0 Å². The van der Waals surface area contributed by atoms with Crippen LogP contribution in [-0.2, 0) is 0 Å². The minimum absolute atomic E-state index is 0. The standard InChI is InChI=1S/C22H25N5OS.C15H23N5S2.C9H9BrO.H3P/c1-15-4-3-5-16(14-15)19(28)20-21(23)25-22(29-20)24-17-6-8-18(9-7-17)27-12-10-26(2)11-13-27;1-3-22-14(16)18-15(21)17-12-4-6-13(7-5-12)20-10-8-19(2)9-11-20;1-7-3-2-4-8(5-7)9(11)6-10;/h3-9,14H,10-13,23H2,1-2H3,(H,24,25);4-7H,3,8-11H2,1-2H3,(H3,16,17,18,21);2-5H,6H2,1H3;1H3. The maximum atomic E-state index is 12.8. The maximum Gasteiger partial charge on any atom is 0.206 e. The zero-order chi connectivity index (χ0) is 44.6. The molecule has 12 nitrogen and oxygen atoms in total. The first kappa shape index (κ1) is 51.2. The van der Waals surface area contributed by atoms with Gasteiger partial charge in [0.2, 0.25) is 5.78 Å². The average molecular weight is 992 g/mol. The Morgan fingerprint density at radius 2 is 1.29 bits per heavy atom. The fraction of sp³-hybridized carbons (Fsp3) is 0.326. The number of thiazole rings is 1. The number of aromatic nitrogens is 1. The number of halogens is 1. The number of ketones is 2. The first-order valence-corrected chi connectivity index (χ1v) is 23.8. The van der Waals surface area contributed by atoms with Crippen LogP contribution in [0.3, 0.4) is 0 Å². The van der Waals surface area contributed by atoms with Gasteiger partial charge in [-0.05, 0) is 107 Å². The van der Waals surface area contributed by atoms with E-state index in [1.54, 1.807) is 6.07 Å². The van der Waals surface area contributed by atoms with Crippen LogP contribution in [0.4, 0.5) is 33.7 Å². The third kappa shape index (κ3) is 16.3. The van der Waals surface area contributed by atoms with Crippen LogP contribution >= 0.6 is 61.1 Å². The van der Waals surface area contributed by atoms with Crippen molar-refractivity contribution in [1.82, 2.24) is 14.8 Å². The predicted octanol–water partition coefficient (Wildman–Crippen LogP) is 8.59. The quantitative estimate of drug-likeness (QED) is 0.0265. The van der Waals surface area contributed by atoms with E-state index in [2.05, 4.69) is 94.5 Å². The van der Waals surface area contributed by atoms with Crippen LogP contribution in [-0.4, -0.2) is 114 Å². The summed E-state index contributed by atoms with van der Waals surface area (Å²) in [5.74, 6) is 1.19. The van der Waals surface area contributed by atoms with Crippen molar-refractivity contribution < 1.29 is 9.59 Å². The molecule has 5 aromatic rings. The number of carbonyl (C=O) groups is 2. The fourth-order valence-corrected chi connectivity index (χ4v) is 8.47. The number of likely N-dealkylation sites (N-methyl/N-ethyl adjacent to an activating group) is 2. The molecule has 0 spiro atoms. The van der Waals surface area contributed by atoms with Crippen LogP contribution in [0.15, 0.2) is 102 Å². The molecule has 1 atom stereocenters. The lowest BCUT2D eigenvalue weighted by Crippen LogP contribution is -2.44. The molecule has 2 aliphatic rings. The van der Waals surface area contributed by atoms with E-state index < -0.39 is 0 Å². The minimum atomic E-state index is -0.0952. The van der Waals surface area contributed by atoms with Gasteiger partial charge in [-0.2, -0.15) is 14.9 Å². The molecule has 1 aromatic heterocycles. The number of nitrogens with two attached hydrogens (primary N) is 2. The molecule has 2 fully saturated rings. The largest absolute Gasteiger partial charge is 0.382 e. The second-order valence-electron chi connectivity index (χ2n) is 15.0. The molecule has 6 N–H and O–H groups in total. The second-order valence-corrected chi connectivity index (χ2v) is 18.2. The van der Waals surface area contributed by atoms with Crippen molar-refractivity contribution in [2.24, 2.45) is 10.7 Å². The van der Waals surface area contributed by atoms with Gasteiger partial charge in [-0.3, -0.25) is 9.59 Å². The number of nitrogens with one attached hydrogen (secondary N) is 2. The highest BCUT2D eigenvalue weighted by Gasteiger charge is 2.19. The van der Waals surface area contributed by atoms with Crippen LogP contribution in [0.1, 0.15) is 43.6 Å². The summed E-state index contributed by atoms with van der Waals surface area (Å²) in [6.07, 6.45) is 0. The van der Waals surface area contributed by atoms with Crippen molar-refractivity contribution in [2.45, 2.75) is 20.8 Å². The number of rotatable bonds is 10. The molecular formula is C46H60BrN10O2PS3. The Labute approximate surface area is 398 Å². The highest BCUT2D eigenvalue weighted by Crippen LogP contribution is 2.31. The van der Waals surface area contributed by atoms with Crippen LogP contribution < -0.4 is 31.9 Å². The van der Waals surface area contributed by atoms with E-state index in [0.29, 0.717) is 31.2 Å². The molecule has 0 bridgehead atoms. The van der Waals surface area contributed by atoms with Crippen molar-refractivity contribution in [2.75, 3.05) is 104 Å². The molecule has 63 heavy (non-hydrogen) atoms. The lowest BCUT2D eigenvalue weighted by molar-refractivity contribution is 0.102. The lowest BCUT2D eigenvalue weighted by Gasteiger charge is -2.34. The Hall–Kier alpha value is -4.41. The Balaban J connectivity index is 0.000000226. The second kappa shape index (κ2) is 25.8. The number of hydrogen-bond donors (Lipinski definition) is 4. The molecule has 4 aromatic carbocycles. The normalized spacial score (nSPS) is 14.3. The number of piperazine rings is 2. The summed E-state index contributed by atoms with van der Waals surface area (Å²) in [6, 6.07) is 31.7. The van der Waals surface area contributed by atoms with E-state index in [9.17, 15) is 9.59 Å². The van der Waals surface area contributed by atoms with Gasteiger partial charge in [-0.25, -0.2) is 4.98 Å². The number of benzene rings is 4. The summed E-state index contributed by atoms with van der Waals surface area (Å²) in [7, 11) is 4.32.